The van der Waals surface area contributed by atoms with Gasteiger partial charge in [0, 0.05) is 0 Å². The Hall–Kier alpha value is 0.0743. The van der Waals surface area contributed by atoms with Gasteiger partial charge in [-0.05, 0) is 0 Å². The first-order valence-corrected chi connectivity index (χ1v) is 10.2. The summed E-state index contributed by atoms with van der Waals surface area (Å²) >= 11 is 0. The Kier molecular flexibility index (Phi) is 30.9. The average molecular weight is 414 g/mol. The smallest absolute Gasteiger partial charge is 0.658 e. The van der Waals surface area contributed by atoms with Gasteiger partial charge in [0.1, 0.15) is 0 Å². The normalized spacial score (nSPS) is 11.9. The van der Waals surface area contributed by atoms with Gasteiger partial charge in [-0.25, -0.2) is 12.2 Å². The fourth-order valence-electron chi connectivity index (χ4n) is 2.13. The largest absolute Gasteiger partial charge is 4.00 e. The summed E-state index contributed by atoms with van der Waals surface area (Å²) in [7, 11) is 0. The van der Waals surface area contributed by atoms with Gasteiger partial charge in [0.25, 0.3) is 0 Å². The zero-order valence-corrected chi connectivity index (χ0v) is 21.8. The standard InChI is InChI=1S/3C6H14N.C5H5.Ti/c3*1-5(2)7-6(3)4;1-2-4-5-3-1;/h3*5-6H,1-4H3;1-3H,4H2;/q4*-1;+4. The predicted octanol–water partition coefficient (Wildman–Crippen LogP) is 7.83. The van der Waals surface area contributed by atoms with Crippen LogP contribution in [0.3, 0.4) is 0 Å². The Morgan fingerprint density at radius 2 is 0.815 bits per heavy atom. The number of hydrogen-bond donors (Lipinski definition) is 0. The first kappa shape index (κ1) is 34.6. The molecule has 0 saturated carbocycles. The summed E-state index contributed by atoms with van der Waals surface area (Å²) in [6.07, 6.45) is 10.0. The summed E-state index contributed by atoms with van der Waals surface area (Å²) in [6, 6.07) is 3.00. The van der Waals surface area contributed by atoms with E-state index in [-0.39, 0.29) is 21.7 Å². The van der Waals surface area contributed by atoms with Gasteiger partial charge < -0.3 is 16.0 Å². The molecule has 0 radical (unpaired) electrons. The Balaban J connectivity index is -0.000000130. The molecule has 1 aliphatic rings. The van der Waals surface area contributed by atoms with Crippen LogP contribution >= 0.6 is 0 Å². The molecule has 0 aromatic rings. The fourth-order valence-corrected chi connectivity index (χ4v) is 2.13. The van der Waals surface area contributed by atoms with Crippen LogP contribution in [0.1, 0.15) is 89.5 Å². The summed E-state index contributed by atoms with van der Waals surface area (Å²) in [5.74, 6) is 0. The van der Waals surface area contributed by atoms with Crippen molar-refractivity contribution >= 4 is 0 Å². The van der Waals surface area contributed by atoms with Crippen LogP contribution in [0.25, 0.3) is 16.0 Å². The van der Waals surface area contributed by atoms with E-state index in [1.54, 1.807) is 0 Å². The molecule has 0 aromatic heterocycles. The number of allylic oxidation sites excluding steroid dienone is 4. The molecule has 0 atom stereocenters. The third-order valence-corrected chi connectivity index (χ3v) is 2.37. The van der Waals surface area contributed by atoms with E-state index in [0.29, 0.717) is 36.3 Å². The van der Waals surface area contributed by atoms with Crippen molar-refractivity contribution in [1.29, 1.82) is 0 Å². The molecule has 0 aliphatic heterocycles. The van der Waals surface area contributed by atoms with Crippen LogP contribution in [0, 0.1) is 6.08 Å². The van der Waals surface area contributed by atoms with E-state index in [9.17, 15) is 0 Å². The van der Waals surface area contributed by atoms with Gasteiger partial charge >= 0.3 is 21.7 Å². The van der Waals surface area contributed by atoms with Crippen LogP contribution in [-0.4, -0.2) is 36.3 Å². The summed E-state index contributed by atoms with van der Waals surface area (Å²) in [5.41, 5.74) is 0. The molecule has 3 nitrogen and oxygen atoms in total. The van der Waals surface area contributed by atoms with Gasteiger partial charge in [0.05, 0.1) is 0 Å². The molecular formula is C23H47N3Ti. The van der Waals surface area contributed by atoms with E-state index in [0.717, 1.165) is 6.42 Å². The molecule has 0 N–H and O–H groups in total. The van der Waals surface area contributed by atoms with Crippen molar-refractivity contribution in [2.75, 3.05) is 0 Å². The predicted molar refractivity (Wildman–Crippen MR) is 122 cm³/mol. The Morgan fingerprint density at radius 3 is 0.852 bits per heavy atom. The van der Waals surface area contributed by atoms with Crippen molar-refractivity contribution in [3.8, 4) is 0 Å². The molecule has 1 aliphatic carbocycles. The maximum Gasteiger partial charge on any atom is 4.00 e. The van der Waals surface area contributed by atoms with Crippen molar-refractivity contribution in [2.45, 2.75) is 126 Å². The van der Waals surface area contributed by atoms with E-state index in [1.807, 2.05) is 12.2 Å². The quantitative estimate of drug-likeness (QED) is 0.314. The number of nitrogens with zero attached hydrogens (tertiary/aromatic N) is 3. The first-order chi connectivity index (χ1) is 11.9. The molecule has 158 valence electrons. The maximum absolute atomic E-state index is 4.28. The Morgan fingerprint density at radius 1 is 0.556 bits per heavy atom. The third kappa shape index (κ3) is 51.8. The van der Waals surface area contributed by atoms with Crippen molar-refractivity contribution in [2.24, 2.45) is 0 Å². The van der Waals surface area contributed by atoms with Crippen LogP contribution < -0.4 is 0 Å². The van der Waals surface area contributed by atoms with Gasteiger partial charge in [0.2, 0.25) is 0 Å². The van der Waals surface area contributed by atoms with E-state index < -0.39 is 0 Å². The molecule has 0 fully saturated rings. The van der Waals surface area contributed by atoms with E-state index in [4.69, 9.17) is 0 Å². The van der Waals surface area contributed by atoms with Crippen molar-refractivity contribution in [3.05, 3.63) is 40.3 Å². The van der Waals surface area contributed by atoms with Crippen molar-refractivity contribution in [3.63, 3.8) is 0 Å². The minimum Gasteiger partial charge on any atom is -0.658 e. The van der Waals surface area contributed by atoms with Crippen molar-refractivity contribution in [1.82, 2.24) is 0 Å². The summed E-state index contributed by atoms with van der Waals surface area (Å²) in [4.78, 5) is 0. The SMILES string of the molecule is CC(C)[N-]C(C)C.CC(C)[N-]C(C)C.CC(C)[N-]C(C)C.[C-]1=CC=CC1.[Ti+4]. The monoisotopic (exact) mass is 413 g/mol. The molecule has 27 heavy (non-hydrogen) atoms. The second kappa shape index (κ2) is 24.1. The molecule has 0 heterocycles. The molecule has 4 heteroatoms. The van der Waals surface area contributed by atoms with Gasteiger partial charge in [-0.1, -0.05) is 83.1 Å². The van der Waals surface area contributed by atoms with Crippen LogP contribution in [-0.2, 0) is 21.7 Å². The molecule has 0 aromatic carbocycles. The summed E-state index contributed by atoms with van der Waals surface area (Å²) < 4.78 is 0. The molecule has 1 rings (SSSR count). The molecule has 0 amide bonds. The van der Waals surface area contributed by atoms with Crippen LogP contribution in [0.4, 0.5) is 0 Å². The van der Waals surface area contributed by atoms with Crippen LogP contribution in [0.2, 0.25) is 0 Å². The number of rotatable bonds is 6. The molecule has 0 spiro atoms. The van der Waals surface area contributed by atoms with Crippen LogP contribution in [0.15, 0.2) is 18.2 Å². The maximum atomic E-state index is 4.28. The third-order valence-electron chi connectivity index (χ3n) is 2.37. The van der Waals surface area contributed by atoms with Crippen LogP contribution in [0.5, 0.6) is 0 Å². The molecule has 0 saturated heterocycles. The number of hydrogen-bond acceptors (Lipinski definition) is 0. The van der Waals surface area contributed by atoms with E-state index >= 15 is 0 Å². The summed E-state index contributed by atoms with van der Waals surface area (Å²) in [6.45, 7) is 25.2. The van der Waals surface area contributed by atoms with Gasteiger partial charge in [-0.2, -0.15) is 6.08 Å². The average Bonchev–Trinajstić information content (AvgIpc) is 2.93. The zero-order valence-electron chi connectivity index (χ0n) is 20.2. The Labute approximate surface area is 187 Å². The first-order valence-electron chi connectivity index (χ1n) is 10.2. The fraction of sp³-hybridized carbons (Fsp3) is 0.826. The Bertz CT molecular complexity index is 258. The summed E-state index contributed by atoms with van der Waals surface area (Å²) in [5, 5.41) is 12.8. The van der Waals surface area contributed by atoms with Gasteiger partial charge in [-0.15, -0.1) is 42.7 Å². The minimum absolute atomic E-state index is 0. The second-order valence-corrected chi connectivity index (χ2v) is 8.01. The van der Waals surface area contributed by atoms with Gasteiger partial charge in [0.15, 0.2) is 0 Å². The van der Waals surface area contributed by atoms with Crippen molar-refractivity contribution < 1.29 is 21.7 Å². The molecular weight excluding hydrogens is 366 g/mol. The topological polar surface area (TPSA) is 42.3 Å². The van der Waals surface area contributed by atoms with E-state index in [1.165, 1.54) is 0 Å². The zero-order chi connectivity index (χ0) is 21.1. The van der Waals surface area contributed by atoms with E-state index in [2.05, 4.69) is 111 Å². The van der Waals surface area contributed by atoms with Gasteiger partial charge in [-0.3, -0.25) is 6.08 Å². The minimum atomic E-state index is 0. The molecule has 0 bridgehead atoms. The second-order valence-electron chi connectivity index (χ2n) is 8.01. The molecule has 0 unspecified atom stereocenters.